The summed E-state index contributed by atoms with van der Waals surface area (Å²) in [7, 11) is -2.08. The van der Waals surface area contributed by atoms with Crippen molar-refractivity contribution in [3.05, 3.63) is 0 Å². The first kappa shape index (κ1) is 20.1. The molecule has 2 amide bonds. The van der Waals surface area contributed by atoms with Gasteiger partial charge < -0.3 is 10.2 Å². The van der Waals surface area contributed by atoms with Gasteiger partial charge in [-0.3, -0.25) is 14.6 Å². The number of likely N-dealkylation sites (tertiary alicyclic amines) is 1. The van der Waals surface area contributed by atoms with Crippen molar-refractivity contribution in [1.29, 1.82) is 0 Å². The first-order valence-electron chi connectivity index (χ1n) is 8.67. The van der Waals surface area contributed by atoms with Crippen LogP contribution >= 0.6 is 0 Å². The van der Waals surface area contributed by atoms with Crippen molar-refractivity contribution in [2.75, 3.05) is 19.8 Å². The van der Waals surface area contributed by atoms with Gasteiger partial charge >= 0.3 is 6.18 Å². The van der Waals surface area contributed by atoms with Gasteiger partial charge in [0.25, 0.3) is 0 Å². The minimum Gasteiger partial charge on any atom is -0.344 e. The number of carbonyl (C=O) groups is 2. The molecule has 3 fully saturated rings. The van der Waals surface area contributed by atoms with Gasteiger partial charge in [-0.25, -0.2) is 8.42 Å². The van der Waals surface area contributed by atoms with Gasteiger partial charge in [-0.1, -0.05) is 0 Å². The summed E-state index contributed by atoms with van der Waals surface area (Å²) >= 11 is 0. The van der Waals surface area contributed by atoms with Gasteiger partial charge in [0, 0.05) is 26.1 Å². The van der Waals surface area contributed by atoms with Crippen LogP contribution in [0.25, 0.3) is 0 Å². The minimum atomic E-state index is -4.72. The molecule has 1 saturated heterocycles. The van der Waals surface area contributed by atoms with Crippen LogP contribution in [0.3, 0.4) is 0 Å². The first-order valence-corrected chi connectivity index (χ1v) is 10.6. The lowest BCUT2D eigenvalue weighted by atomic mass is 10.0. The van der Waals surface area contributed by atoms with E-state index < -0.39 is 56.6 Å². The maximum Gasteiger partial charge on any atom is 0.403 e. The number of nitrogens with one attached hydrogen (secondary N) is 1. The molecule has 1 aliphatic heterocycles. The molecule has 3 aliphatic rings. The zero-order chi connectivity index (χ0) is 20.3. The van der Waals surface area contributed by atoms with Crippen LogP contribution in [0.1, 0.15) is 32.1 Å². The van der Waals surface area contributed by atoms with Crippen molar-refractivity contribution in [2.24, 2.45) is 10.4 Å². The number of halogens is 3. The molecule has 0 aromatic heterocycles. The van der Waals surface area contributed by atoms with Crippen molar-refractivity contribution >= 4 is 27.9 Å². The Morgan fingerprint density at radius 1 is 1.22 bits per heavy atom. The van der Waals surface area contributed by atoms with E-state index in [1.165, 1.54) is 7.05 Å². The van der Waals surface area contributed by atoms with Gasteiger partial charge in [0.1, 0.15) is 11.5 Å². The third kappa shape index (κ3) is 3.57. The van der Waals surface area contributed by atoms with Gasteiger partial charge in [-0.05, 0) is 32.1 Å². The normalized spacial score (nSPS) is 29.0. The lowest BCUT2D eigenvalue weighted by Crippen LogP contribution is -2.53. The van der Waals surface area contributed by atoms with Crippen molar-refractivity contribution < 1.29 is 31.2 Å². The van der Waals surface area contributed by atoms with Gasteiger partial charge in [0.2, 0.25) is 11.8 Å². The van der Waals surface area contributed by atoms with E-state index in [0.29, 0.717) is 12.8 Å². The number of hydrogen-bond donors (Lipinski definition) is 1. The highest BCUT2D eigenvalue weighted by molar-refractivity contribution is 7.91. The molecule has 11 heteroatoms. The fraction of sp³-hybridized carbons (Fsp3) is 0.812. The molecule has 2 saturated carbocycles. The fourth-order valence-electron chi connectivity index (χ4n) is 3.60. The number of hydrogen-bond acceptors (Lipinski definition) is 5. The Hall–Kier alpha value is -1.65. The third-order valence-electron chi connectivity index (χ3n) is 5.67. The highest BCUT2D eigenvalue weighted by Crippen LogP contribution is 2.59. The Balaban J connectivity index is 1.85. The smallest absolute Gasteiger partial charge is 0.344 e. The van der Waals surface area contributed by atoms with Crippen LogP contribution in [-0.2, 0) is 19.4 Å². The molecular weight excluding hydrogens is 387 g/mol. The first-order chi connectivity index (χ1) is 12.4. The largest absolute Gasteiger partial charge is 0.403 e. The molecule has 0 spiro atoms. The van der Waals surface area contributed by atoms with Crippen LogP contribution in [0.2, 0.25) is 0 Å². The molecule has 0 radical (unpaired) electrons. The zero-order valence-corrected chi connectivity index (χ0v) is 15.9. The second-order valence-corrected chi connectivity index (χ2v) is 10.1. The summed E-state index contributed by atoms with van der Waals surface area (Å²) in [5.41, 5.74) is -3.13. The second-order valence-electron chi connectivity index (χ2n) is 7.77. The standard InChI is InChI=1S/C16H22F3N3O4S/c1-20-9-14(3-4-14)21-12(23)11-7-10(27(2,25)26)8-22(11)13(24)15(5-6-15)16(17,18)19/h9-11H,3-8H2,1-2H3,(H,21,23). The Bertz CT molecular complexity index is 785. The maximum absolute atomic E-state index is 13.4. The Labute approximate surface area is 155 Å². The van der Waals surface area contributed by atoms with Crippen LogP contribution in [0.15, 0.2) is 4.99 Å². The second kappa shape index (κ2) is 6.18. The molecule has 1 heterocycles. The third-order valence-corrected chi connectivity index (χ3v) is 7.22. The number of rotatable bonds is 5. The number of alkyl halides is 3. The van der Waals surface area contributed by atoms with E-state index in [4.69, 9.17) is 0 Å². The van der Waals surface area contributed by atoms with E-state index >= 15 is 0 Å². The van der Waals surface area contributed by atoms with E-state index in [9.17, 15) is 31.2 Å². The summed E-state index contributed by atoms with van der Waals surface area (Å²) in [6, 6.07) is -1.24. The quantitative estimate of drug-likeness (QED) is 0.676. The SMILES string of the molecule is CN=CC1(NC(=O)C2CC(S(C)(=O)=O)CN2C(=O)C2(C(F)(F)F)CC2)CC1. The van der Waals surface area contributed by atoms with Crippen LogP contribution in [0.5, 0.6) is 0 Å². The predicted molar refractivity (Wildman–Crippen MR) is 91.0 cm³/mol. The van der Waals surface area contributed by atoms with Crippen molar-refractivity contribution in [3.8, 4) is 0 Å². The molecule has 3 rings (SSSR count). The minimum absolute atomic E-state index is 0.205. The molecule has 27 heavy (non-hydrogen) atoms. The van der Waals surface area contributed by atoms with Crippen molar-refractivity contribution in [3.63, 3.8) is 0 Å². The number of carbonyl (C=O) groups excluding carboxylic acids is 2. The highest BCUT2D eigenvalue weighted by atomic mass is 32.2. The summed E-state index contributed by atoms with van der Waals surface area (Å²) < 4.78 is 63.9. The molecule has 2 atom stereocenters. The Morgan fingerprint density at radius 3 is 2.22 bits per heavy atom. The van der Waals surface area contributed by atoms with Crippen LogP contribution < -0.4 is 5.32 Å². The van der Waals surface area contributed by atoms with Crippen molar-refractivity contribution in [1.82, 2.24) is 10.2 Å². The van der Waals surface area contributed by atoms with Gasteiger partial charge in [-0.2, -0.15) is 13.2 Å². The highest BCUT2D eigenvalue weighted by Gasteiger charge is 2.70. The van der Waals surface area contributed by atoms with Crippen LogP contribution in [0, 0.1) is 5.41 Å². The number of nitrogens with zero attached hydrogens (tertiary/aromatic N) is 2. The van der Waals surface area contributed by atoms with Crippen LogP contribution in [0.4, 0.5) is 13.2 Å². The van der Waals surface area contributed by atoms with Gasteiger partial charge in [-0.15, -0.1) is 0 Å². The molecular formula is C16H22F3N3O4S. The van der Waals surface area contributed by atoms with Gasteiger partial charge in [0.15, 0.2) is 9.84 Å². The Morgan fingerprint density at radius 2 is 1.81 bits per heavy atom. The van der Waals surface area contributed by atoms with E-state index in [-0.39, 0.29) is 19.3 Å². The zero-order valence-electron chi connectivity index (χ0n) is 15.0. The maximum atomic E-state index is 13.4. The summed E-state index contributed by atoms with van der Waals surface area (Å²) in [5.74, 6) is -1.83. The lowest BCUT2D eigenvalue weighted by molar-refractivity contribution is -0.199. The van der Waals surface area contributed by atoms with Gasteiger partial charge in [0.05, 0.1) is 10.8 Å². The molecule has 2 aliphatic carbocycles. The van der Waals surface area contributed by atoms with E-state index in [2.05, 4.69) is 10.3 Å². The van der Waals surface area contributed by atoms with E-state index in [1.54, 1.807) is 6.21 Å². The summed E-state index contributed by atoms with van der Waals surface area (Å²) in [6.07, 6.45) is -1.81. The molecule has 0 bridgehead atoms. The van der Waals surface area contributed by atoms with E-state index in [1.807, 2.05) is 0 Å². The summed E-state index contributed by atoms with van der Waals surface area (Å²) in [5, 5.41) is 1.66. The monoisotopic (exact) mass is 409 g/mol. The topological polar surface area (TPSA) is 95.9 Å². The van der Waals surface area contributed by atoms with E-state index in [0.717, 1.165) is 11.2 Å². The number of aliphatic imine (C=N–C) groups is 1. The lowest BCUT2D eigenvalue weighted by Gasteiger charge is -2.30. The average molecular weight is 409 g/mol. The molecule has 0 aromatic rings. The molecule has 1 N–H and O–H groups in total. The fourth-order valence-corrected chi connectivity index (χ4v) is 4.56. The number of sulfone groups is 1. The summed E-state index contributed by atoms with van der Waals surface area (Å²) in [6.45, 7) is -0.400. The molecule has 152 valence electrons. The Kier molecular flexibility index (Phi) is 4.60. The van der Waals surface area contributed by atoms with Crippen molar-refractivity contribution in [2.45, 2.75) is 55.1 Å². The molecule has 2 unspecified atom stereocenters. The molecule has 7 nitrogen and oxygen atoms in total. The average Bonchev–Trinajstić information content (AvgIpc) is 3.43. The van der Waals surface area contributed by atoms with Crippen LogP contribution in [-0.4, -0.2) is 74.2 Å². The predicted octanol–water partition coefficient (Wildman–Crippen LogP) is 0.692. The molecule has 0 aromatic carbocycles. The summed E-state index contributed by atoms with van der Waals surface area (Å²) in [4.78, 5) is 30.1. The number of amides is 2.